The predicted molar refractivity (Wildman–Crippen MR) is 72.1 cm³/mol. The van der Waals surface area contributed by atoms with Crippen molar-refractivity contribution in [1.82, 2.24) is 10.3 Å². The monoisotopic (exact) mass is 258 g/mol. The summed E-state index contributed by atoms with van der Waals surface area (Å²) in [5.41, 5.74) is 3.20. The molecular formula is C14H14N2OS. The molecule has 18 heavy (non-hydrogen) atoms. The highest BCUT2D eigenvalue weighted by molar-refractivity contribution is 7.08. The number of nitrogens with zero attached hydrogens (tertiary/aromatic N) is 1. The van der Waals surface area contributed by atoms with Crippen LogP contribution in [-0.4, -0.2) is 10.9 Å². The molecule has 1 aliphatic carbocycles. The Morgan fingerprint density at radius 1 is 1.44 bits per heavy atom. The van der Waals surface area contributed by atoms with Crippen LogP contribution in [0.15, 0.2) is 35.2 Å². The summed E-state index contributed by atoms with van der Waals surface area (Å²) in [6.45, 7) is 0.592. The van der Waals surface area contributed by atoms with E-state index >= 15 is 0 Å². The lowest BCUT2D eigenvalue weighted by atomic mass is 10.1. The highest BCUT2D eigenvalue weighted by Gasteiger charge is 2.29. The predicted octanol–water partition coefficient (Wildman–Crippen LogP) is 2.84. The maximum absolute atomic E-state index is 11.6. The molecule has 2 aromatic rings. The number of carbonyl (C=O) groups excluding carboxylic acids is 1. The van der Waals surface area contributed by atoms with Crippen LogP contribution in [0.4, 0.5) is 0 Å². The van der Waals surface area contributed by atoms with E-state index in [0.29, 0.717) is 6.54 Å². The van der Waals surface area contributed by atoms with Crippen LogP contribution in [0.2, 0.25) is 0 Å². The van der Waals surface area contributed by atoms with Crippen LogP contribution < -0.4 is 5.32 Å². The molecule has 0 aliphatic heterocycles. The number of rotatable bonds is 4. The average Bonchev–Trinajstić information content (AvgIpc) is 3.11. The summed E-state index contributed by atoms with van der Waals surface area (Å²) >= 11 is 1.66. The van der Waals surface area contributed by atoms with E-state index in [9.17, 15) is 4.79 Å². The summed E-state index contributed by atoms with van der Waals surface area (Å²) in [5, 5.41) is 7.09. The Balaban J connectivity index is 1.69. The number of hydrogen-bond donors (Lipinski definition) is 1. The van der Waals surface area contributed by atoms with E-state index in [2.05, 4.69) is 21.7 Å². The molecule has 1 fully saturated rings. The second-order valence-electron chi connectivity index (χ2n) is 4.55. The number of carbonyl (C=O) groups is 1. The Labute approximate surface area is 110 Å². The van der Waals surface area contributed by atoms with Crippen LogP contribution in [0.25, 0.3) is 11.3 Å². The second kappa shape index (κ2) is 4.90. The maximum atomic E-state index is 11.6. The number of nitrogens with one attached hydrogen (secondary N) is 1. The fourth-order valence-corrected chi connectivity index (χ4v) is 2.48. The minimum absolute atomic E-state index is 0.184. The summed E-state index contributed by atoms with van der Waals surface area (Å²) in [5.74, 6) is 0.451. The van der Waals surface area contributed by atoms with Crippen LogP contribution in [-0.2, 0) is 11.3 Å². The van der Waals surface area contributed by atoms with Crippen molar-refractivity contribution < 1.29 is 4.79 Å². The third-order valence-electron chi connectivity index (χ3n) is 3.06. The van der Waals surface area contributed by atoms with Crippen LogP contribution >= 0.6 is 11.3 Å². The average molecular weight is 258 g/mol. The number of pyridine rings is 1. The first kappa shape index (κ1) is 11.4. The fraction of sp³-hybridized carbons (Fsp3) is 0.286. The zero-order valence-electron chi connectivity index (χ0n) is 9.93. The normalized spacial score (nSPS) is 14.4. The Morgan fingerprint density at radius 3 is 3.06 bits per heavy atom. The van der Waals surface area contributed by atoms with Gasteiger partial charge in [0.2, 0.25) is 5.91 Å². The Morgan fingerprint density at radius 2 is 2.33 bits per heavy atom. The molecule has 1 amide bonds. The van der Waals surface area contributed by atoms with E-state index in [1.807, 2.05) is 17.5 Å². The van der Waals surface area contributed by atoms with Crippen molar-refractivity contribution in [3.05, 3.63) is 40.7 Å². The van der Waals surface area contributed by atoms with Crippen LogP contribution in [0.5, 0.6) is 0 Å². The number of thiophene rings is 1. The van der Waals surface area contributed by atoms with E-state index in [-0.39, 0.29) is 11.8 Å². The minimum atomic E-state index is 0.184. The van der Waals surface area contributed by atoms with E-state index < -0.39 is 0 Å². The molecule has 4 heteroatoms. The molecule has 1 N–H and O–H groups in total. The first-order valence-corrected chi connectivity index (χ1v) is 7.02. The molecule has 3 rings (SSSR count). The molecule has 0 atom stereocenters. The number of aromatic nitrogens is 1. The molecule has 2 aromatic heterocycles. The highest BCUT2D eigenvalue weighted by atomic mass is 32.1. The molecule has 92 valence electrons. The van der Waals surface area contributed by atoms with Crippen molar-refractivity contribution in [2.75, 3.05) is 0 Å². The Kier molecular flexibility index (Phi) is 3.11. The maximum Gasteiger partial charge on any atom is 0.223 e. The van der Waals surface area contributed by atoms with Gasteiger partial charge in [-0.05, 0) is 42.0 Å². The molecule has 0 bridgehead atoms. The van der Waals surface area contributed by atoms with Gasteiger partial charge in [-0.15, -0.1) is 0 Å². The van der Waals surface area contributed by atoms with Crippen molar-refractivity contribution in [2.24, 2.45) is 5.92 Å². The van der Waals surface area contributed by atoms with Gasteiger partial charge in [-0.3, -0.25) is 9.78 Å². The first-order valence-electron chi connectivity index (χ1n) is 6.08. The lowest BCUT2D eigenvalue weighted by Crippen LogP contribution is -2.24. The van der Waals surface area contributed by atoms with Crippen LogP contribution in [0.1, 0.15) is 18.4 Å². The summed E-state index contributed by atoms with van der Waals surface area (Å²) in [7, 11) is 0. The van der Waals surface area contributed by atoms with Gasteiger partial charge in [0.15, 0.2) is 0 Å². The third kappa shape index (κ3) is 2.59. The molecule has 0 saturated heterocycles. The van der Waals surface area contributed by atoms with E-state index in [0.717, 1.165) is 29.7 Å². The van der Waals surface area contributed by atoms with Gasteiger partial charge < -0.3 is 5.32 Å². The zero-order chi connectivity index (χ0) is 12.4. The molecule has 0 radical (unpaired) electrons. The molecule has 1 saturated carbocycles. The molecule has 1 aliphatic rings. The second-order valence-corrected chi connectivity index (χ2v) is 5.33. The third-order valence-corrected chi connectivity index (χ3v) is 3.74. The molecular weight excluding hydrogens is 244 g/mol. The molecule has 3 nitrogen and oxygen atoms in total. The molecule has 0 spiro atoms. The summed E-state index contributed by atoms with van der Waals surface area (Å²) in [6.07, 6.45) is 3.89. The fourth-order valence-electron chi connectivity index (χ4n) is 1.83. The molecule has 0 aromatic carbocycles. The van der Waals surface area contributed by atoms with Crippen molar-refractivity contribution in [2.45, 2.75) is 19.4 Å². The van der Waals surface area contributed by atoms with Crippen molar-refractivity contribution in [3.63, 3.8) is 0 Å². The van der Waals surface area contributed by atoms with E-state index in [4.69, 9.17) is 0 Å². The van der Waals surface area contributed by atoms with Gasteiger partial charge in [-0.1, -0.05) is 0 Å². The lowest BCUT2D eigenvalue weighted by Gasteiger charge is -2.05. The largest absolute Gasteiger partial charge is 0.352 e. The number of hydrogen-bond acceptors (Lipinski definition) is 3. The first-order chi connectivity index (χ1) is 8.83. The quantitative estimate of drug-likeness (QED) is 0.916. The smallest absolute Gasteiger partial charge is 0.223 e. The standard InChI is InChI=1S/C14H14N2OS/c17-14(11-1-2-11)16-8-10-3-5-15-13(7-10)12-4-6-18-9-12/h3-7,9,11H,1-2,8H2,(H,16,17). The summed E-state index contributed by atoms with van der Waals surface area (Å²) in [4.78, 5) is 15.9. The van der Waals surface area contributed by atoms with Gasteiger partial charge >= 0.3 is 0 Å². The van der Waals surface area contributed by atoms with Crippen molar-refractivity contribution >= 4 is 17.2 Å². The summed E-state index contributed by atoms with van der Waals surface area (Å²) < 4.78 is 0. The van der Waals surface area contributed by atoms with E-state index in [1.54, 1.807) is 17.5 Å². The summed E-state index contributed by atoms with van der Waals surface area (Å²) in [6, 6.07) is 6.04. The van der Waals surface area contributed by atoms with Crippen molar-refractivity contribution in [3.8, 4) is 11.3 Å². The van der Waals surface area contributed by atoms with Gasteiger partial charge in [-0.2, -0.15) is 11.3 Å². The lowest BCUT2D eigenvalue weighted by molar-refractivity contribution is -0.122. The van der Waals surface area contributed by atoms with Crippen molar-refractivity contribution in [1.29, 1.82) is 0 Å². The molecule has 2 heterocycles. The van der Waals surface area contributed by atoms with Gasteiger partial charge in [0, 0.05) is 29.6 Å². The van der Waals surface area contributed by atoms with Gasteiger partial charge in [0.25, 0.3) is 0 Å². The Bertz CT molecular complexity index is 547. The SMILES string of the molecule is O=C(NCc1ccnc(-c2ccsc2)c1)C1CC1. The topological polar surface area (TPSA) is 42.0 Å². The minimum Gasteiger partial charge on any atom is -0.352 e. The van der Waals surface area contributed by atoms with E-state index in [1.165, 1.54) is 0 Å². The Hall–Kier alpha value is -1.68. The number of amides is 1. The zero-order valence-corrected chi connectivity index (χ0v) is 10.7. The van der Waals surface area contributed by atoms with Gasteiger partial charge in [0.05, 0.1) is 5.69 Å². The van der Waals surface area contributed by atoms with Gasteiger partial charge in [-0.25, -0.2) is 0 Å². The van der Waals surface area contributed by atoms with Crippen LogP contribution in [0.3, 0.4) is 0 Å². The molecule has 0 unspecified atom stereocenters. The highest BCUT2D eigenvalue weighted by Crippen LogP contribution is 2.28. The van der Waals surface area contributed by atoms with Gasteiger partial charge in [0.1, 0.15) is 0 Å². The van der Waals surface area contributed by atoms with Crippen LogP contribution in [0, 0.1) is 5.92 Å².